The summed E-state index contributed by atoms with van der Waals surface area (Å²) in [6, 6.07) is 36.3. The molecule has 4 aromatic heterocycles. The second kappa shape index (κ2) is 9.62. The average Bonchev–Trinajstić information content (AvgIpc) is 3.42. The van der Waals surface area contributed by atoms with Crippen LogP contribution >= 0.6 is 11.3 Å². The first-order valence-electron chi connectivity index (χ1n) is 13.1. The number of thiophene rings is 1. The predicted octanol–water partition coefficient (Wildman–Crippen LogP) is 7.64. The maximum Gasteiger partial charge on any atom is 0.184 e. The molecule has 0 amide bonds. The van der Waals surface area contributed by atoms with Gasteiger partial charge in [-0.2, -0.15) is 0 Å². The third kappa shape index (κ3) is 4.18. The normalized spacial score (nSPS) is 11.4. The molecule has 0 spiro atoms. The summed E-state index contributed by atoms with van der Waals surface area (Å²) >= 11 is 1.50. The SMILES string of the molecule is c1ccc(-c2ccc(-c3nc(-c4ccccc4)nc(-c4ncnc5c4sc4nc6ccccc6nc45)n3)cc2)cc1. The first-order chi connectivity index (χ1) is 20.3. The third-order valence-corrected chi connectivity index (χ3v) is 7.96. The summed E-state index contributed by atoms with van der Waals surface area (Å²) in [5.74, 6) is 1.63. The second-order valence-electron chi connectivity index (χ2n) is 9.48. The highest BCUT2D eigenvalue weighted by Crippen LogP contribution is 2.36. The van der Waals surface area contributed by atoms with E-state index in [0.717, 1.165) is 53.9 Å². The second-order valence-corrected chi connectivity index (χ2v) is 10.5. The van der Waals surface area contributed by atoms with Crippen LogP contribution in [0.25, 0.3) is 77.0 Å². The summed E-state index contributed by atoms with van der Waals surface area (Å²) in [6.07, 6.45) is 1.54. The van der Waals surface area contributed by atoms with Crippen molar-refractivity contribution in [2.75, 3.05) is 0 Å². The molecule has 0 aliphatic carbocycles. The van der Waals surface area contributed by atoms with E-state index in [1.54, 1.807) is 6.33 Å². The van der Waals surface area contributed by atoms with E-state index in [9.17, 15) is 0 Å². The number of hydrogen-bond donors (Lipinski definition) is 0. The molecule has 8 rings (SSSR count). The summed E-state index contributed by atoms with van der Waals surface area (Å²) in [5.41, 5.74) is 7.86. The van der Waals surface area contributed by atoms with Gasteiger partial charge in [0.2, 0.25) is 0 Å². The fourth-order valence-corrected chi connectivity index (χ4v) is 5.94. The molecule has 0 saturated heterocycles. The summed E-state index contributed by atoms with van der Waals surface area (Å²) in [6.45, 7) is 0. The van der Waals surface area contributed by atoms with Crippen LogP contribution in [0.4, 0.5) is 0 Å². The zero-order valence-corrected chi connectivity index (χ0v) is 22.3. The molecule has 4 aromatic carbocycles. The summed E-state index contributed by atoms with van der Waals surface area (Å²) in [4.78, 5) is 34.5. The molecule has 0 saturated carbocycles. The highest BCUT2D eigenvalue weighted by atomic mass is 32.1. The Balaban J connectivity index is 1.32. The standard InChI is InChI=1S/C33H19N7S/c1-3-9-20(10-4-1)21-15-17-23(18-16-21)31-38-30(22-11-5-2-6-12-22)39-32(40-31)28-29-26(34-19-35-28)27-33(41-29)37-25-14-8-7-13-24(25)36-27/h1-19H. The Morgan fingerprint density at radius 1 is 0.415 bits per heavy atom. The molecule has 0 radical (unpaired) electrons. The lowest BCUT2D eigenvalue weighted by molar-refractivity contribution is 1.06. The van der Waals surface area contributed by atoms with Gasteiger partial charge in [-0.05, 0) is 23.3 Å². The minimum Gasteiger partial charge on any atom is -0.241 e. The van der Waals surface area contributed by atoms with Crippen LogP contribution in [-0.4, -0.2) is 34.9 Å². The summed E-state index contributed by atoms with van der Waals surface area (Å²) in [5, 5.41) is 0. The lowest BCUT2D eigenvalue weighted by atomic mass is 10.0. The maximum atomic E-state index is 4.93. The zero-order valence-electron chi connectivity index (χ0n) is 21.5. The molecule has 41 heavy (non-hydrogen) atoms. The van der Waals surface area contributed by atoms with E-state index in [4.69, 9.17) is 24.9 Å². The van der Waals surface area contributed by atoms with Crippen molar-refractivity contribution in [1.29, 1.82) is 0 Å². The van der Waals surface area contributed by atoms with Crippen molar-refractivity contribution in [3.05, 3.63) is 116 Å². The van der Waals surface area contributed by atoms with E-state index in [2.05, 4.69) is 34.2 Å². The first-order valence-corrected chi connectivity index (χ1v) is 13.9. The van der Waals surface area contributed by atoms with Gasteiger partial charge in [0.1, 0.15) is 27.9 Å². The van der Waals surface area contributed by atoms with Crippen molar-refractivity contribution >= 4 is 42.9 Å². The van der Waals surface area contributed by atoms with Gasteiger partial charge in [0.15, 0.2) is 17.5 Å². The summed E-state index contributed by atoms with van der Waals surface area (Å²) < 4.78 is 0.841. The Bertz CT molecular complexity index is 2200. The molecule has 0 fully saturated rings. The predicted molar refractivity (Wildman–Crippen MR) is 163 cm³/mol. The van der Waals surface area contributed by atoms with Crippen LogP contribution in [0.5, 0.6) is 0 Å². The molecular formula is C33H19N7S. The van der Waals surface area contributed by atoms with Gasteiger partial charge in [0.05, 0.1) is 15.7 Å². The molecular weight excluding hydrogens is 526 g/mol. The largest absolute Gasteiger partial charge is 0.241 e. The van der Waals surface area contributed by atoms with Crippen LogP contribution in [0.15, 0.2) is 116 Å². The number of rotatable bonds is 4. The fourth-order valence-electron chi connectivity index (χ4n) is 4.87. The number of hydrogen-bond acceptors (Lipinski definition) is 8. The Morgan fingerprint density at radius 3 is 1.66 bits per heavy atom. The monoisotopic (exact) mass is 545 g/mol. The Kier molecular flexibility index (Phi) is 5.49. The van der Waals surface area contributed by atoms with Gasteiger partial charge in [0, 0.05) is 11.1 Å². The number of aromatic nitrogens is 7. The summed E-state index contributed by atoms with van der Waals surface area (Å²) in [7, 11) is 0. The molecule has 8 heteroatoms. The lowest BCUT2D eigenvalue weighted by Crippen LogP contribution is -2.01. The van der Waals surface area contributed by atoms with Crippen LogP contribution in [-0.2, 0) is 0 Å². The molecule has 192 valence electrons. The highest BCUT2D eigenvalue weighted by molar-refractivity contribution is 7.25. The first kappa shape index (κ1) is 23.4. The van der Waals surface area contributed by atoms with Gasteiger partial charge < -0.3 is 0 Å². The molecule has 0 atom stereocenters. The van der Waals surface area contributed by atoms with Gasteiger partial charge in [0.25, 0.3) is 0 Å². The van der Waals surface area contributed by atoms with Crippen molar-refractivity contribution in [2.24, 2.45) is 0 Å². The maximum absolute atomic E-state index is 4.93. The smallest absolute Gasteiger partial charge is 0.184 e. The highest BCUT2D eigenvalue weighted by Gasteiger charge is 2.20. The molecule has 0 bridgehead atoms. The molecule has 7 nitrogen and oxygen atoms in total. The molecule has 0 N–H and O–H groups in total. The van der Waals surface area contributed by atoms with E-state index in [1.165, 1.54) is 11.3 Å². The minimum absolute atomic E-state index is 0.476. The quantitative estimate of drug-likeness (QED) is 0.224. The molecule has 4 heterocycles. The van der Waals surface area contributed by atoms with Crippen molar-refractivity contribution in [3.8, 4) is 45.4 Å². The Labute approximate surface area is 238 Å². The fraction of sp³-hybridized carbons (Fsp3) is 0. The van der Waals surface area contributed by atoms with Gasteiger partial charge in [-0.15, -0.1) is 11.3 Å². The zero-order chi connectivity index (χ0) is 27.2. The average molecular weight is 546 g/mol. The van der Waals surface area contributed by atoms with Crippen LogP contribution in [0.2, 0.25) is 0 Å². The van der Waals surface area contributed by atoms with Gasteiger partial charge >= 0.3 is 0 Å². The van der Waals surface area contributed by atoms with Crippen LogP contribution in [0.3, 0.4) is 0 Å². The van der Waals surface area contributed by atoms with E-state index in [-0.39, 0.29) is 0 Å². The molecule has 0 aliphatic rings. The van der Waals surface area contributed by atoms with Crippen molar-refractivity contribution in [1.82, 2.24) is 34.9 Å². The number of nitrogens with zero attached hydrogens (tertiary/aromatic N) is 7. The Hall–Kier alpha value is -5.47. The number of benzene rings is 4. The van der Waals surface area contributed by atoms with Crippen molar-refractivity contribution in [3.63, 3.8) is 0 Å². The van der Waals surface area contributed by atoms with Crippen LogP contribution in [0, 0.1) is 0 Å². The number of fused-ring (bicyclic) bond motifs is 4. The lowest BCUT2D eigenvalue weighted by Gasteiger charge is -2.09. The van der Waals surface area contributed by atoms with Crippen LogP contribution < -0.4 is 0 Å². The van der Waals surface area contributed by atoms with E-state index < -0.39 is 0 Å². The van der Waals surface area contributed by atoms with Gasteiger partial charge in [-0.1, -0.05) is 97.1 Å². The van der Waals surface area contributed by atoms with E-state index >= 15 is 0 Å². The van der Waals surface area contributed by atoms with Gasteiger partial charge in [-0.25, -0.2) is 34.9 Å². The van der Waals surface area contributed by atoms with Gasteiger partial charge in [-0.3, -0.25) is 0 Å². The van der Waals surface area contributed by atoms with Crippen molar-refractivity contribution in [2.45, 2.75) is 0 Å². The minimum atomic E-state index is 0.476. The molecule has 8 aromatic rings. The molecule has 0 aliphatic heterocycles. The van der Waals surface area contributed by atoms with Crippen molar-refractivity contribution < 1.29 is 0 Å². The third-order valence-electron chi connectivity index (χ3n) is 6.89. The number of para-hydroxylation sites is 2. The van der Waals surface area contributed by atoms with Crippen LogP contribution in [0.1, 0.15) is 0 Å². The molecule has 0 unspecified atom stereocenters. The Morgan fingerprint density at radius 2 is 0.951 bits per heavy atom. The van der Waals surface area contributed by atoms with E-state index in [0.29, 0.717) is 23.2 Å². The van der Waals surface area contributed by atoms with E-state index in [1.807, 2.05) is 84.9 Å². The topological polar surface area (TPSA) is 90.2 Å².